The van der Waals surface area contributed by atoms with Gasteiger partial charge in [0.25, 0.3) is 11.5 Å². The normalized spacial score (nSPS) is 10.5. The van der Waals surface area contributed by atoms with Crippen molar-refractivity contribution in [3.8, 4) is 11.4 Å². The van der Waals surface area contributed by atoms with Crippen LogP contribution in [0.25, 0.3) is 5.69 Å². The highest BCUT2D eigenvalue weighted by Gasteiger charge is 2.12. The number of hydrogen-bond acceptors (Lipinski definition) is 4. The van der Waals surface area contributed by atoms with Crippen LogP contribution in [0.2, 0.25) is 15.1 Å². The molecule has 0 spiro atoms. The van der Waals surface area contributed by atoms with Crippen LogP contribution in [0.5, 0.6) is 5.75 Å². The lowest BCUT2D eigenvalue weighted by molar-refractivity contribution is 0.102. The molecule has 0 saturated heterocycles. The maximum atomic E-state index is 12.5. The average molecular weight is 425 g/mol. The monoisotopic (exact) mass is 423 g/mol. The molecule has 0 aliphatic heterocycles. The molecule has 2 aromatic carbocycles. The minimum atomic E-state index is -0.551. The van der Waals surface area contributed by atoms with Crippen molar-refractivity contribution < 1.29 is 9.53 Å². The molecule has 1 heterocycles. The maximum Gasteiger partial charge on any atom is 0.291 e. The summed E-state index contributed by atoms with van der Waals surface area (Å²) in [5, 5.41) is 7.09. The molecule has 6 nitrogen and oxygen atoms in total. The standard InChI is InChI=1S/C18H12Cl3N3O3/c1-27-15-7-4-11(19)8-14(15)23-17(25)10-2-5-12(6-3-10)24-18(26)16(21)13(20)9-22-24/h2-9H,1H3,(H,23,25). The Bertz CT molecular complexity index is 1070. The molecule has 9 heteroatoms. The molecule has 3 rings (SSSR count). The van der Waals surface area contributed by atoms with Crippen LogP contribution in [0.4, 0.5) is 5.69 Å². The molecule has 1 aromatic heterocycles. The summed E-state index contributed by atoms with van der Waals surface area (Å²) < 4.78 is 6.30. The van der Waals surface area contributed by atoms with Crippen LogP contribution in [-0.2, 0) is 0 Å². The third kappa shape index (κ3) is 4.08. The van der Waals surface area contributed by atoms with Gasteiger partial charge in [-0.3, -0.25) is 9.59 Å². The van der Waals surface area contributed by atoms with Gasteiger partial charge in [-0.1, -0.05) is 34.8 Å². The Hall–Kier alpha value is -2.54. The molecule has 0 radical (unpaired) electrons. The summed E-state index contributed by atoms with van der Waals surface area (Å²) >= 11 is 17.6. The van der Waals surface area contributed by atoms with Crippen molar-refractivity contribution >= 4 is 46.4 Å². The Kier molecular flexibility index (Phi) is 5.70. The van der Waals surface area contributed by atoms with E-state index in [-0.39, 0.29) is 16.0 Å². The quantitative estimate of drug-likeness (QED) is 0.671. The number of nitrogens with zero attached hydrogens (tertiary/aromatic N) is 2. The van der Waals surface area contributed by atoms with E-state index in [0.717, 1.165) is 4.68 Å². The van der Waals surface area contributed by atoms with E-state index in [1.54, 1.807) is 42.5 Å². The van der Waals surface area contributed by atoms with E-state index < -0.39 is 5.56 Å². The van der Waals surface area contributed by atoms with E-state index in [0.29, 0.717) is 27.7 Å². The van der Waals surface area contributed by atoms with Crippen molar-refractivity contribution in [2.75, 3.05) is 12.4 Å². The molecule has 0 atom stereocenters. The summed E-state index contributed by atoms with van der Waals surface area (Å²) in [5.41, 5.74) is 0.704. The molecule has 0 fully saturated rings. The number of aromatic nitrogens is 2. The van der Waals surface area contributed by atoms with E-state index in [9.17, 15) is 9.59 Å². The summed E-state index contributed by atoms with van der Waals surface area (Å²) in [6.07, 6.45) is 1.28. The maximum absolute atomic E-state index is 12.5. The topological polar surface area (TPSA) is 73.2 Å². The van der Waals surface area contributed by atoms with Gasteiger partial charge in [0, 0.05) is 10.6 Å². The second-order valence-corrected chi connectivity index (χ2v) is 6.59. The number of halogens is 3. The summed E-state index contributed by atoms with van der Waals surface area (Å²) in [7, 11) is 1.50. The number of carbonyl (C=O) groups excluding carboxylic acids is 1. The lowest BCUT2D eigenvalue weighted by Gasteiger charge is -2.11. The van der Waals surface area contributed by atoms with Crippen molar-refractivity contribution in [2.24, 2.45) is 0 Å². The van der Waals surface area contributed by atoms with Gasteiger partial charge in [-0.2, -0.15) is 9.78 Å². The fourth-order valence-corrected chi connectivity index (χ4v) is 2.75. The molecule has 0 aliphatic rings. The Labute approximate surface area is 169 Å². The minimum Gasteiger partial charge on any atom is -0.495 e. The molecular formula is C18H12Cl3N3O3. The Morgan fingerprint density at radius 1 is 1.11 bits per heavy atom. The second kappa shape index (κ2) is 8.00. The van der Waals surface area contributed by atoms with E-state index in [1.807, 2.05) is 0 Å². The molecule has 0 bridgehead atoms. The summed E-state index contributed by atoms with van der Waals surface area (Å²) in [4.78, 5) is 24.6. The zero-order chi connectivity index (χ0) is 19.6. The zero-order valence-electron chi connectivity index (χ0n) is 13.9. The molecule has 1 N–H and O–H groups in total. The van der Waals surface area contributed by atoms with E-state index >= 15 is 0 Å². The SMILES string of the molecule is COc1ccc(Cl)cc1NC(=O)c1ccc(-n2ncc(Cl)c(Cl)c2=O)cc1. The van der Waals surface area contributed by atoms with Gasteiger partial charge in [0.2, 0.25) is 0 Å². The summed E-state index contributed by atoms with van der Waals surface area (Å²) in [6.45, 7) is 0. The van der Waals surface area contributed by atoms with Gasteiger partial charge in [0.05, 0.1) is 29.7 Å². The first-order valence-electron chi connectivity index (χ1n) is 7.59. The molecule has 27 heavy (non-hydrogen) atoms. The number of methoxy groups -OCH3 is 1. The van der Waals surface area contributed by atoms with E-state index in [4.69, 9.17) is 39.5 Å². The van der Waals surface area contributed by atoms with Gasteiger partial charge in [0.15, 0.2) is 0 Å². The number of benzene rings is 2. The van der Waals surface area contributed by atoms with Crippen LogP contribution in [0.1, 0.15) is 10.4 Å². The number of ether oxygens (including phenoxy) is 1. The van der Waals surface area contributed by atoms with Gasteiger partial charge < -0.3 is 10.1 Å². The van der Waals surface area contributed by atoms with Gasteiger partial charge >= 0.3 is 0 Å². The molecule has 1 amide bonds. The largest absolute Gasteiger partial charge is 0.495 e. The lowest BCUT2D eigenvalue weighted by Crippen LogP contribution is -2.21. The number of hydrogen-bond donors (Lipinski definition) is 1. The van der Waals surface area contributed by atoms with E-state index in [1.165, 1.54) is 13.3 Å². The van der Waals surface area contributed by atoms with Crippen LogP contribution in [0.15, 0.2) is 53.5 Å². The number of rotatable bonds is 4. The number of amides is 1. The highest BCUT2D eigenvalue weighted by atomic mass is 35.5. The highest BCUT2D eigenvalue weighted by Crippen LogP contribution is 2.28. The third-order valence-electron chi connectivity index (χ3n) is 3.66. The number of carbonyl (C=O) groups is 1. The van der Waals surface area contributed by atoms with Crippen LogP contribution >= 0.6 is 34.8 Å². The molecular weight excluding hydrogens is 413 g/mol. The van der Waals surface area contributed by atoms with Gasteiger partial charge in [0.1, 0.15) is 10.8 Å². The van der Waals surface area contributed by atoms with Crippen LogP contribution < -0.4 is 15.6 Å². The van der Waals surface area contributed by atoms with E-state index in [2.05, 4.69) is 10.4 Å². The van der Waals surface area contributed by atoms with Crippen molar-refractivity contribution in [1.82, 2.24) is 9.78 Å². The van der Waals surface area contributed by atoms with Crippen LogP contribution in [0, 0.1) is 0 Å². The van der Waals surface area contributed by atoms with Crippen LogP contribution in [-0.4, -0.2) is 22.8 Å². The van der Waals surface area contributed by atoms with Crippen molar-refractivity contribution in [1.29, 1.82) is 0 Å². The second-order valence-electron chi connectivity index (χ2n) is 5.37. The van der Waals surface area contributed by atoms with Crippen molar-refractivity contribution in [3.05, 3.63) is 79.6 Å². The molecule has 0 saturated carbocycles. The number of nitrogens with one attached hydrogen (secondary N) is 1. The van der Waals surface area contributed by atoms with Gasteiger partial charge in [-0.25, -0.2) is 0 Å². The van der Waals surface area contributed by atoms with Crippen molar-refractivity contribution in [2.45, 2.75) is 0 Å². The van der Waals surface area contributed by atoms with Gasteiger partial charge in [-0.15, -0.1) is 0 Å². The minimum absolute atomic E-state index is 0.0735. The van der Waals surface area contributed by atoms with Gasteiger partial charge in [-0.05, 0) is 42.5 Å². The summed E-state index contributed by atoms with van der Waals surface area (Å²) in [6, 6.07) is 11.2. The highest BCUT2D eigenvalue weighted by molar-refractivity contribution is 6.41. The lowest BCUT2D eigenvalue weighted by atomic mass is 10.2. The first kappa shape index (κ1) is 19.2. The smallest absolute Gasteiger partial charge is 0.291 e. The zero-order valence-corrected chi connectivity index (χ0v) is 16.1. The Morgan fingerprint density at radius 2 is 1.81 bits per heavy atom. The molecule has 3 aromatic rings. The summed E-state index contributed by atoms with van der Waals surface area (Å²) in [5.74, 6) is 0.118. The molecule has 0 unspecified atom stereocenters. The first-order chi connectivity index (χ1) is 12.9. The molecule has 138 valence electrons. The fourth-order valence-electron chi connectivity index (χ4n) is 2.32. The predicted octanol–water partition coefficient (Wildman–Crippen LogP) is 4.45. The fraction of sp³-hybridized carbons (Fsp3) is 0.0556. The molecule has 0 aliphatic carbocycles. The Balaban J connectivity index is 1.86. The average Bonchev–Trinajstić information content (AvgIpc) is 2.67. The van der Waals surface area contributed by atoms with Crippen LogP contribution in [0.3, 0.4) is 0 Å². The number of anilines is 1. The first-order valence-corrected chi connectivity index (χ1v) is 8.72. The third-order valence-corrected chi connectivity index (χ3v) is 4.64. The Morgan fingerprint density at radius 3 is 2.48 bits per heavy atom. The predicted molar refractivity (Wildman–Crippen MR) is 106 cm³/mol. The van der Waals surface area contributed by atoms with Crippen molar-refractivity contribution in [3.63, 3.8) is 0 Å².